The van der Waals surface area contributed by atoms with E-state index in [9.17, 15) is 30.6 Å². The monoisotopic (exact) mass is 1390 g/mol. The van der Waals surface area contributed by atoms with Gasteiger partial charge in [-0.2, -0.15) is 0 Å². The SMILES string of the molecule is CCCCCN(CCCCC)C([O-])=S.CCCCCN(CCCCC)C([O-])=S.CCCCCN(CCCCC)C([O-])=S.CCCCCN(CCCCC)C([O-])=S.CCCCCN(CCCCC)C([O-])=S.CCCCCN(CCCCC)C([O-])=S.[Mo+6]. The first-order chi connectivity index (χ1) is 40.3. The Morgan fingerprint density at radius 3 is 0.294 bits per heavy atom. The summed E-state index contributed by atoms with van der Waals surface area (Å²) < 4.78 is 0. The van der Waals surface area contributed by atoms with E-state index >= 15 is 0 Å². The van der Waals surface area contributed by atoms with Crippen LogP contribution in [-0.4, -0.2) is 139 Å². The second kappa shape index (κ2) is 80.8. The van der Waals surface area contributed by atoms with Crippen LogP contribution >= 0.6 is 73.3 Å². The summed E-state index contributed by atoms with van der Waals surface area (Å²) in [6.07, 6.45) is 41.6. The molecular formula is C66H132MoN6O6S6. The predicted octanol–water partition coefficient (Wildman–Crippen LogP) is 13.9. The molecule has 85 heavy (non-hydrogen) atoms. The van der Waals surface area contributed by atoms with Crippen molar-refractivity contribution >= 4 is 104 Å². The normalized spacial score (nSPS) is 10.0. The summed E-state index contributed by atoms with van der Waals surface area (Å²) in [6, 6.07) is 0. The Hall–Kier alpha value is -1.17. The number of rotatable bonds is 48. The zero-order valence-corrected chi connectivity index (χ0v) is 63.8. The van der Waals surface area contributed by atoms with Gasteiger partial charge in [-0.3, -0.25) is 0 Å². The third-order valence-electron chi connectivity index (χ3n) is 13.9. The van der Waals surface area contributed by atoms with Crippen LogP contribution in [0.3, 0.4) is 0 Å². The summed E-state index contributed by atoms with van der Waals surface area (Å²) in [6.45, 7) is 36.1. The van der Waals surface area contributed by atoms with E-state index in [1.807, 2.05) is 0 Å². The van der Waals surface area contributed by atoms with Gasteiger partial charge in [0.25, 0.3) is 0 Å². The Morgan fingerprint density at radius 1 is 0.176 bits per heavy atom. The molecule has 0 atom stereocenters. The summed E-state index contributed by atoms with van der Waals surface area (Å²) in [5.74, 6) is 0. The zero-order valence-electron chi connectivity index (χ0n) is 56.9. The van der Waals surface area contributed by atoms with Crippen LogP contribution in [-0.2, 0) is 21.1 Å². The molecule has 0 saturated heterocycles. The largest absolute Gasteiger partial charge is 6.00 e. The fourth-order valence-corrected chi connectivity index (χ4v) is 9.49. The third-order valence-corrected chi connectivity index (χ3v) is 15.5. The molecule has 504 valence electrons. The van der Waals surface area contributed by atoms with Crippen molar-refractivity contribution < 1.29 is 51.7 Å². The van der Waals surface area contributed by atoms with Crippen molar-refractivity contribution in [1.29, 1.82) is 0 Å². The van der Waals surface area contributed by atoms with Gasteiger partial charge in [0.1, 0.15) is 0 Å². The maximum absolute atomic E-state index is 11.1. The minimum Gasteiger partial charge on any atom is -0.852 e. The molecule has 0 bridgehead atoms. The Morgan fingerprint density at radius 2 is 0.247 bits per heavy atom. The van der Waals surface area contributed by atoms with Crippen molar-refractivity contribution in [2.75, 3.05) is 78.5 Å². The first-order valence-electron chi connectivity index (χ1n) is 34.1. The molecule has 0 rings (SSSR count). The quantitative estimate of drug-likeness (QED) is 0.0321. The molecule has 19 heteroatoms. The van der Waals surface area contributed by atoms with E-state index in [-0.39, 0.29) is 52.1 Å². The van der Waals surface area contributed by atoms with E-state index < -0.39 is 0 Å². The smallest absolute Gasteiger partial charge is 0.852 e. The van der Waals surface area contributed by atoms with Crippen molar-refractivity contribution in [3.05, 3.63) is 0 Å². The third kappa shape index (κ3) is 78.9. The van der Waals surface area contributed by atoms with Crippen LogP contribution in [0.5, 0.6) is 0 Å². The summed E-state index contributed by atoms with van der Waals surface area (Å²) in [4.78, 5) is 10.8. The molecule has 0 heterocycles. The van der Waals surface area contributed by atoms with E-state index in [0.717, 1.165) is 156 Å². The van der Waals surface area contributed by atoms with E-state index in [4.69, 9.17) is 0 Å². The fourth-order valence-electron chi connectivity index (χ4n) is 8.40. The Balaban J connectivity index is -0.000000171. The summed E-state index contributed by atoms with van der Waals surface area (Å²) in [5, 5.41) is 65.3. The fraction of sp³-hybridized carbons (Fsp3) is 0.909. The van der Waals surface area contributed by atoms with Crippen molar-refractivity contribution in [3.63, 3.8) is 0 Å². The van der Waals surface area contributed by atoms with Crippen molar-refractivity contribution in [2.24, 2.45) is 0 Å². The standard InChI is InChI=1S/6C11H23NOS.Mo/c6*1-3-5-7-9-12(11(13)14)10-8-6-4-2;/h6*3-10H2,1-2H3,(H,13,14);/q;;;;;;+6/p-6. The van der Waals surface area contributed by atoms with E-state index in [0.29, 0.717) is 0 Å². The maximum Gasteiger partial charge on any atom is 6.00 e. The number of hydrogen-bond acceptors (Lipinski definition) is 12. The average molecular weight is 1390 g/mol. The predicted molar refractivity (Wildman–Crippen MR) is 379 cm³/mol. The van der Waals surface area contributed by atoms with Gasteiger partial charge in [0.2, 0.25) is 0 Å². The molecule has 0 radical (unpaired) electrons. The summed E-state index contributed by atoms with van der Waals surface area (Å²) in [5.41, 5.74) is 0. The molecule has 0 N–H and O–H groups in total. The number of nitrogens with zero attached hydrogens (tertiary/aromatic N) is 6. The van der Waals surface area contributed by atoms with Gasteiger partial charge in [-0.15, -0.1) is 0 Å². The van der Waals surface area contributed by atoms with Gasteiger partial charge in [-0.1, -0.05) is 310 Å². The summed E-state index contributed by atoms with van der Waals surface area (Å²) >= 11 is 28.1. The molecule has 0 aromatic carbocycles. The van der Waals surface area contributed by atoms with Crippen molar-refractivity contribution in [3.8, 4) is 0 Å². The van der Waals surface area contributed by atoms with Gasteiger partial charge in [-0.05, 0) is 77.0 Å². The van der Waals surface area contributed by atoms with Crippen LogP contribution < -0.4 is 30.6 Å². The van der Waals surface area contributed by atoms with Crippen LogP contribution in [0.4, 0.5) is 0 Å². The number of hydrogen-bond donors (Lipinski definition) is 0. The van der Waals surface area contributed by atoms with Crippen molar-refractivity contribution in [2.45, 2.75) is 314 Å². The van der Waals surface area contributed by atoms with Crippen LogP contribution in [0.2, 0.25) is 0 Å². The van der Waals surface area contributed by atoms with Gasteiger partial charge >= 0.3 is 21.1 Å². The molecule has 0 aromatic rings. The van der Waals surface area contributed by atoms with Crippen LogP contribution in [0.1, 0.15) is 314 Å². The van der Waals surface area contributed by atoms with Gasteiger partial charge in [0.15, 0.2) is 0 Å². The average Bonchev–Trinajstić information content (AvgIpc) is 3.45. The van der Waals surface area contributed by atoms with E-state index in [2.05, 4.69) is 156 Å². The molecule has 0 fully saturated rings. The molecule has 12 nitrogen and oxygen atoms in total. The van der Waals surface area contributed by atoms with Gasteiger partial charge in [-0.25, -0.2) is 0 Å². The second-order valence-electron chi connectivity index (χ2n) is 22.0. The molecule has 0 aliphatic heterocycles. The van der Waals surface area contributed by atoms with Crippen LogP contribution in [0.15, 0.2) is 0 Å². The minimum absolute atomic E-state index is 0. The molecule has 0 aromatic heterocycles. The number of unbranched alkanes of at least 4 members (excludes halogenated alkanes) is 24. The first-order valence-corrected chi connectivity index (χ1v) is 36.5. The molecule has 0 spiro atoms. The Kier molecular flexibility index (Phi) is 92.7. The van der Waals surface area contributed by atoms with Crippen LogP contribution in [0, 0.1) is 0 Å². The second-order valence-corrected chi connectivity index (χ2v) is 24.1. The molecule has 0 unspecified atom stereocenters. The zero-order chi connectivity index (χ0) is 64.9. The summed E-state index contributed by atoms with van der Waals surface area (Å²) in [7, 11) is 0. The van der Waals surface area contributed by atoms with E-state index in [1.54, 1.807) is 29.4 Å². The first kappa shape index (κ1) is 97.4. The molecule has 0 saturated carbocycles. The Labute approximate surface area is 573 Å². The van der Waals surface area contributed by atoms with Gasteiger partial charge in [0, 0.05) is 110 Å². The molecular weight excluding hydrogens is 1260 g/mol. The van der Waals surface area contributed by atoms with Gasteiger partial charge in [0.05, 0.1) is 0 Å². The molecule has 0 aliphatic carbocycles. The number of thiocarbonyl (C=S) groups is 6. The van der Waals surface area contributed by atoms with Crippen molar-refractivity contribution in [1.82, 2.24) is 29.4 Å². The maximum atomic E-state index is 11.1. The minimum atomic E-state index is -0.183. The van der Waals surface area contributed by atoms with Crippen LogP contribution in [0.25, 0.3) is 0 Å². The molecule has 0 aliphatic rings. The van der Waals surface area contributed by atoms with E-state index in [1.165, 1.54) is 154 Å². The van der Waals surface area contributed by atoms with Gasteiger partial charge < -0.3 is 60.0 Å². The molecule has 0 amide bonds. The topological polar surface area (TPSA) is 158 Å². The Bertz CT molecular complexity index is 1110.